The molecule has 2 heterocycles. The van der Waals surface area contributed by atoms with Crippen molar-refractivity contribution in [2.24, 2.45) is 7.05 Å². The van der Waals surface area contributed by atoms with Crippen molar-refractivity contribution < 1.29 is 9.59 Å². The van der Waals surface area contributed by atoms with Gasteiger partial charge in [0.1, 0.15) is 5.82 Å². The van der Waals surface area contributed by atoms with Crippen molar-refractivity contribution in [3.05, 3.63) is 64.1 Å². The molecule has 28 heavy (non-hydrogen) atoms. The van der Waals surface area contributed by atoms with Crippen LogP contribution in [0.5, 0.6) is 0 Å². The van der Waals surface area contributed by atoms with Crippen LogP contribution in [0.15, 0.2) is 53.0 Å². The zero-order chi connectivity index (χ0) is 19.9. The number of nitrogens with one attached hydrogen (secondary N) is 1. The van der Waals surface area contributed by atoms with Gasteiger partial charge in [-0.25, -0.2) is 0 Å². The van der Waals surface area contributed by atoms with Gasteiger partial charge in [-0.15, -0.1) is 21.5 Å². The molecule has 0 aliphatic rings. The van der Waals surface area contributed by atoms with Gasteiger partial charge < -0.3 is 9.88 Å². The van der Waals surface area contributed by atoms with Crippen LogP contribution in [0.25, 0.3) is 0 Å². The molecule has 0 bridgehead atoms. The highest BCUT2D eigenvalue weighted by atomic mass is 32.2. The number of ketones is 1. The number of thiophene rings is 1. The molecule has 2 aromatic heterocycles. The van der Waals surface area contributed by atoms with Crippen LogP contribution < -0.4 is 5.32 Å². The van der Waals surface area contributed by atoms with Crippen molar-refractivity contribution in [3.63, 3.8) is 0 Å². The Morgan fingerprint density at radius 2 is 1.96 bits per heavy atom. The Hall–Kier alpha value is -2.45. The minimum atomic E-state index is -0.524. The first-order valence-corrected chi connectivity index (χ1v) is 10.8. The minimum absolute atomic E-state index is 0.0564. The van der Waals surface area contributed by atoms with E-state index in [2.05, 4.69) is 21.6 Å². The van der Waals surface area contributed by atoms with Crippen molar-refractivity contribution in [2.45, 2.75) is 31.0 Å². The largest absolute Gasteiger partial charge is 0.345 e. The fourth-order valence-corrected chi connectivity index (χ4v) is 4.15. The quantitative estimate of drug-likeness (QED) is 0.545. The first-order chi connectivity index (χ1) is 13.5. The summed E-state index contributed by atoms with van der Waals surface area (Å²) < 4.78 is 1.91. The molecule has 146 valence electrons. The molecule has 1 amide bonds. The number of nitrogens with zero attached hydrogens (tertiary/aromatic N) is 3. The Morgan fingerprint density at radius 3 is 2.64 bits per heavy atom. The molecule has 0 fully saturated rings. The van der Waals surface area contributed by atoms with Crippen molar-refractivity contribution in [3.8, 4) is 0 Å². The third-order valence-electron chi connectivity index (χ3n) is 4.28. The molecule has 1 aromatic carbocycles. The van der Waals surface area contributed by atoms with Gasteiger partial charge >= 0.3 is 0 Å². The van der Waals surface area contributed by atoms with Gasteiger partial charge in [0.2, 0.25) is 5.91 Å². The molecule has 0 saturated carbocycles. The van der Waals surface area contributed by atoms with E-state index in [1.165, 1.54) is 23.6 Å². The molecule has 3 aromatic rings. The third kappa shape index (κ3) is 5.53. The summed E-state index contributed by atoms with van der Waals surface area (Å²) in [6.45, 7) is 1.50. The van der Waals surface area contributed by atoms with Crippen molar-refractivity contribution in [2.75, 3.05) is 5.75 Å². The third-order valence-corrected chi connectivity index (χ3v) is 6.18. The summed E-state index contributed by atoms with van der Waals surface area (Å²) in [5, 5.41) is 14.0. The van der Waals surface area contributed by atoms with Gasteiger partial charge in [0.15, 0.2) is 10.9 Å². The first-order valence-electron chi connectivity index (χ1n) is 8.90. The molecule has 0 spiro atoms. The molecular weight excluding hydrogens is 392 g/mol. The monoisotopic (exact) mass is 414 g/mol. The molecule has 1 atom stereocenters. The van der Waals surface area contributed by atoms with E-state index in [1.54, 1.807) is 11.3 Å². The number of hydrogen-bond acceptors (Lipinski definition) is 6. The molecule has 1 unspecified atom stereocenters. The minimum Gasteiger partial charge on any atom is -0.345 e. The second kappa shape index (κ2) is 9.66. The number of carbonyl (C=O) groups is 2. The fraction of sp³-hybridized carbons (Fsp3) is 0.300. The zero-order valence-electron chi connectivity index (χ0n) is 15.8. The van der Waals surface area contributed by atoms with Gasteiger partial charge in [0.25, 0.3) is 0 Å². The number of hydrogen-bond donors (Lipinski definition) is 1. The average Bonchev–Trinajstić information content (AvgIpc) is 3.31. The van der Waals surface area contributed by atoms with E-state index in [0.29, 0.717) is 11.6 Å². The molecule has 6 nitrogen and oxygen atoms in total. The van der Waals surface area contributed by atoms with Crippen molar-refractivity contribution in [1.82, 2.24) is 20.1 Å². The van der Waals surface area contributed by atoms with E-state index in [1.807, 2.05) is 53.4 Å². The average molecular weight is 415 g/mol. The lowest BCUT2D eigenvalue weighted by atomic mass is 10.0. The molecule has 0 aliphatic heterocycles. The number of rotatable bonds is 9. The Morgan fingerprint density at radius 1 is 1.18 bits per heavy atom. The van der Waals surface area contributed by atoms with Crippen LogP contribution in [0.1, 0.15) is 23.2 Å². The van der Waals surface area contributed by atoms with Crippen LogP contribution in [-0.4, -0.2) is 38.2 Å². The van der Waals surface area contributed by atoms with Gasteiger partial charge in [-0.1, -0.05) is 48.2 Å². The van der Waals surface area contributed by atoms with Crippen molar-refractivity contribution >= 4 is 34.8 Å². The molecule has 0 radical (unpaired) electrons. The summed E-state index contributed by atoms with van der Waals surface area (Å²) >= 11 is 3.00. The van der Waals surface area contributed by atoms with E-state index in [4.69, 9.17) is 0 Å². The summed E-state index contributed by atoms with van der Waals surface area (Å²) in [7, 11) is 1.90. The predicted molar refractivity (Wildman–Crippen MR) is 112 cm³/mol. The first kappa shape index (κ1) is 20.3. The maximum Gasteiger partial charge on any atom is 0.231 e. The maximum absolute atomic E-state index is 12.4. The summed E-state index contributed by atoms with van der Waals surface area (Å²) in [4.78, 5) is 25.5. The summed E-state index contributed by atoms with van der Waals surface area (Å²) in [6.07, 6.45) is 1.21. The van der Waals surface area contributed by atoms with Gasteiger partial charge in [-0.2, -0.15) is 0 Å². The number of aromatic nitrogens is 3. The van der Waals surface area contributed by atoms with Crippen LogP contribution in [-0.2, 0) is 29.5 Å². The number of thioether (sulfide) groups is 1. The Bertz CT molecular complexity index is 923. The molecule has 0 aliphatic carbocycles. The lowest BCUT2D eigenvalue weighted by Gasteiger charge is -2.16. The lowest BCUT2D eigenvalue weighted by Crippen LogP contribution is -2.42. The summed E-state index contributed by atoms with van der Waals surface area (Å²) in [6, 6.07) is 13.2. The zero-order valence-corrected chi connectivity index (χ0v) is 17.4. The van der Waals surface area contributed by atoms with Gasteiger partial charge in [0, 0.05) is 18.3 Å². The van der Waals surface area contributed by atoms with Crippen LogP contribution in [0.4, 0.5) is 0 Å². The van der Waals surface area contributed by atoms with Gasteiger partial charge in [0.05, 0.1) is 11.8 Å². The smallest absolute Gasteiger partial charge is 0.231 e. The highest BCUT2D eigenvalue weighted by molar-refractivity contribution is 7.99. The Kier molecular flexibility index (Phi) is 7.00. The van der Waals surface area contributed by atoms with Crippen LogP contribution in [0.2, 0.25) is 0 Å². The highest BCUT2D eigenvalue weighted by Gasteiger charge is 2.19. The van der Waals surface area contributed by atoms with Gasteiger partial charge in [-0.3, -0.25) is 9.59 Å². The fourth-order valence-electron chi connectivity index (χ4n) is 2.71. The molecule has 8 heteroatoms. The number of benzene rings is 1. The maximum atomic E-state index is 12.4. The lowest BCUT2D eigenvalue weighted by molar-refractivity contribution is -0.125. The van der Waals surface area contributed by atoms with Crippen LogP contribution in [0, 0.1) is 0 Å². The van der Waals surface area contributed by atoms with Crippen LogP contribution in [0.3, 0.4) is 0 Å². The number of Topliss-reactive ketones (excluding diaryl/α,β-unsaturated/α-hetero) is 1. The Labute approximate surface area is 172 Å². The summed E-state index contributed by atoms with van der Waals surface area (Å²) in [5.41, 5.74) is 1.02. The SMILES string of the molecule is CC(=O)C(Cc1ccccc1)NC(=O)CSc1nnc(Cc2cccs2)n1C. The second-order valence-electron chi connectivity index (χ2n) is 6.42. The molecule has 1 N–H and O–H groups in total. The van der Waals surface area contributed by atoms with Gasteiger partial charge in [-0.05, 0) is 30.4 Å². The number of carbonyl (C=O) groups excluding carboxylic acids is 2. The van der Waals surface area contributed by atoms with E-state index in [-0.39, 0.29) is 17.4 Å². The molecule has 3 rings (SSSR count). The normalized spacial score (nSPS) is 11.9. The second-order valence-corrected chi connectivity index (χ2v) is 8.40. The van der Waals surface area contributed by atoms with Crippen LogP contribution >= 0.6 is 23.1 Å². The predicted octanol–water partition coefficient (Wildman–Crippen LogP) is 2.88. The molecular formula is C20H22N4O2S2. The standard InChI is InChI=1S/C20H22N4O2S2/c1-14(25)17(11-15-7-4-3-5-8-15)21-19(26)13-28-20-23-22-18(24(20)2)12-16-9-6-10-27-16/h3-10,17H,11-13H2,1-2H3,(H,21,26). The van der Waals surface area contributed by atoms with E-state index < -0.39 is 6.04 Å². The van der Waals surface area contributed by atoms with E-state index in [0.717, 1.165) is 17.8 Å². The molecule has 0 saturated heterocycles. The van der Waals surface area contributed by atoms with E-state index in [9.17, 15) is 9.59 Å². The summed E-state index contributed by atoms with van der Waals surface area (Å²) in [5.74, 6) is 0.794. The van der Waals surface area contributed by atoms with Crippen molar-refractivity contribution in [1.29, 1.82) is 0 Å². The highest BCUT2D eigenvalue weighted by Crippen LogP contribution is 2.19. The topological polar surface area (TPSA) is 76.9 Å². The van der Waals surface area contributed by atoms with E-state index >= 15 is 0 Å². The Balaban J connectivity index is 1.54. The number of amides is 1.